The largest absolute Gasteiger partial charge is 0.314 e. The number of amides is 1. The number of carbonyl (C=O) groups is 1. The van der Waals surface area contributed by atoms with Gasteiger partial charge in [0.15, 0.2) is 0 Å². The number of terminal acetylenes is 1. The van der Waals surface area contributed by atoms with Gasteiger partial charge < -0.3 is 4.90 Å². The van der Waals surface area contributed by atoms with Crippen LogP contribution in [0.4, 0.5) is 8.78 Å². The molecule has 0 saturated carbocycles. The minimum absolute atomic E-state index is 0.150. The minimum atomic E-state index is -0.969. The van der Waals surface area contributed by atoms with Crippen LogP contribution in [0.3, 0.4) is 0 Å². The van der Waals surface area contributed by atoms with Crippen LogP contribution in [0.15, 0.2) is 12.1 Å². The fourth-order valence-corrected chi connectivity index (χ4v) is 1.41. The smallest absolute Gasteiger partial charge is 0.261 e. The van der Waals surface area contributed by atoms with Gasteiger partial charge in [-0.1, -0.05) is 12.0 Å². The summed E-state index contributed by atoms with van der Waals surface area (Å²) in [4.78, 5) is 12.8. The Balaban J connectivity index is 3.22. The zero-order valence-corrected chi connectivity index (χ0v) is 9.70. The van der Waals surface area contributed by atoms with Gasteiger partial charge in [0.2, 0.25) is 0 Å². The van der Waals surface area contributed by atoms with Gasteiger partial charge in [0, 0.05) is 0 Å². The molecule has 5 heteroatoms. The first-order valence-corrected chi connectivity index (χ1v) is 5.07. The zero-order chi connectivity index (χ0) is 13.7. The average Bonchev–Trinajstić information content (AvgIpc) is 2.34. The van der Waals surface area contributed by atoms with Gasteiger partial charge in [0.25, 0.3) is 5.91 Å². The van der Waals surface area contributed by atoms with Gasteiger partial charge in [-0.25, -0.2) is 8.78 Å². The van der Waals surface area contributed by atoms with E-state index in [0.29, 0.717) is 0 Å². The summed E-state index contributed by atoms with van der Waals surface area (Å²) in [6.07, 6.45) is 5.04. The number of halogens is 2. The van der Waals surface area contributed by atoms with Gasteiger partial charge in [-0.15, -0.1) is 6.42 Å². The Kier molecular flexibility index (Phi) is 4.39. The maximum absolute atomic E-state index is 13.7. The summed E-state index contributed by atoms with van der Waals surface area (Å²) in [5.74, 6) is -0.657. The molecule has 0 unspecified atom stereocenters. The molecule has 1 aromatic rings. The number of hydrogen-bond acceptors (Lipinski definition) is 2. The fraction of sp³-hybridized carbons (Fsp3) is 0.231. The van der Waals surface area contributed by atoms with Crippen molar-refractivity contribution < 1.29 is 13.6 Å². The molecule has 0 N–H and O–H groups in total. The van der Waals surface area contributed by atoms with Crippen LogP contribution in [-0.2, 0) is 0 Å². The van der Waals surface area contributed by atoms with Crippen molar-refractivity contribution in [2.24, 2.45) is 0 Å². The second-order valence-corrected chi connectivity index (χ2v) is 3.58. The number of nitriles is 1. The Hall–Kier alpha value is -2.40. The highest BCUT2D eigenvalue weighted by Crippen LogP contribution is 2.18. The summed E-state index contributed by atoms with van der Waals surface area (Å²) < 4.78 is 27.2. The van der Waals surface area contributed by atoms with Gasteiger partial charge in [0.05, 0.1) is 12.6 Å². The number of aryl methyl sites for hydroxylation is 1. The molecular weight excluding hydrogens is 238 g/mol. The van der Waals surface area contributed by atoms with Crippen molar-refractivity contribution in [2.75, 3.05) is 13.1 Å². The van der Waals surface area contributed by atoms with Crippen LogP contribution in [0.5, 0.6) is 0 Å². The molecule has 1 aromatic carbocycles. The summed E-state index contributed by atoms with van der Waals surface area (Å²) in [7, 11) is 0. The van der Waals surface area contributed by atoms with E-state index in [2.05, 4.69) is 5.92 Å². The molecule has 18 heavy (non-hydrogen) atoms. The van der Waals surface area contributed by atoms with Gasteiger partial charge in [-0.2, -0.15) is 5.26 Å². The lowest BCUT2D eigenvalue weighted by Gasteiger charge is -2.17. The quantitative estimate of drug-likeness (QED) is 0.605. The first kappa shape index (κ1) is 13.7. The Bertz CT molecular complexity index is 539. The van der Waals surface area contributed by atoms with Crippen molar-refractivity contribution in [1.82, 2.24) is 4.90 Å². The molecule has 0 heterocycles. The summed E-state index contributed by atoms with van der Waals surface area (Å²) in [6, 6.07) is 3.96. The maximum Gasteiger partial charge on any atom is 0.261 e. The first-order chi connectivity index (χ1) is 8.52. The Morgan fingerprint density at radius 1 is 1.44 bits per heavy atom. The number of rotatable bonds is 3. The molecule has 3 nitrogen and oxygen atoms in total. The van der Waals surface area contributed by atoms with Crippen molar-refractivity contribution in [1.29, 1.82) is 5.26 Å². The van der Waals surface area contributed by atoms with E-state index in [1.165, 1.54) is 13.0 Å². The van der Waals surface area contributed by atoms with E-state index in [0.717, 1.165) is 11.0 Å². The summed E-state index contributed by atoms with van der Waals surface area (Å²) in [6.45, 7) is 0.913. The Morgan fingerprint density at radius 2 is 2.11 bits per heavy atom. The monoisotopic (exact) mass is 248 g/mol. The molecule has 0 bridgehead atoms. The van der Waals surface area contributed by atoms with E-state index >= 15 is 0 Å². The van der Waals surface area contributed by atoms with Crippen LogP contribution in [0.1, 0.15) is 15.9 Å². The van der Waals surface area contributed by atoms with E-state index < -0.39 is 23.1 Å². The molecule has 0 atom stereocenters. The molecular formula is C13H10F2N2O. The highest BCUT2D eigenvalue weighted by atomic mass is 19.1. The minimum Gasteiger partial charge on any atom is -0.314 e. The maximum atomic E-state index is 13.7. The average molecular weight is 248 g/mol. The second kappa shape index (κ2) is 5.79. The fourth-order valence-electron chi connectivity index (χ4n) is 1.41. The number of nitrogens with zero attached hydrogens (tertiary/aromatic N) is 2. The Labute approximate surface area is 104 Å². The highest BCUT2D eigenvalue weighted by molar-refractivity contribution is 5.95. The second-order valence-electron chi connectivity index (χ2n) is 3.58. The standard InChI is InChI=1S/C13H10F2N2O/c1-3-7-17(8-6-16)13(18)11-10(14)5-4-9(2)12(11)15/h1,4-5H,7-8H2,2H3. The van der Waals surface area contributed by atoms with Crippen LogP contribution in [0, 0.1) is 42.2 Å². The summed E-state index contributed by atoms with van der Waals surface area (Å²) >= 11 is 0. The molecule has 92 valence electrons. The zero-order valence-electron chi connectivity index (χ0n) is 9.70. The molecule has 0 aromatic heterocycles. The van der Waals surface area contributed by atoms with Crippen LogP contribution >= 0.6 is 0 Å². The highest BCUT2D eigenvalue weighted by Gasteiger charge is 2.23. The van der Waals surface area contributed by atoms with Crippen LogP contribution in [0.2, 0.25) is 0 Å². The van der Waals surface area contributed by atoms with Crippen molar-refractivity contribution in [3.8, 4) is 18.4 Å². The summed E-state index contributed by atoms with van der Waals surface area (Å²) in [5, 5.41) is 8.55. The van der Waals surface area contributed by atoms with Gasteiger partial charge in [0.1, 0.15) is 23.7 Å². The topological polar surface area (TPSA) is 44.1 Å². The third kappa shape index (κ3) is 2.64. The molecule has 0 aliphatic heterocycles. The SMILES string of the molecule is C#CCN(CC#N)C(=O)c1c(F)ccc(C)c1F. The van der Waals surface area contributed by atoms with Gasteiger partial charge >= 0.3 is 0 Å². The van der Waals surface area contributed by atoms with Crippen molar-refractivity contribution in [3.05, 3.63) is 34.9 Å². The molecule has 0 saturated heterocycles. The van der Waals surface area contributed by atoms with Crippen molar-refractivity contribution in [2.45, 2.75) is 6.92 Å². The van der Waals surface area contributed by atoms with Crippen molar-refractivity contribution >= 4 is 5.91 Å². The molecule has 1 rings (SSSR count). The molecule has 0 aliphatic carbocycles. The van der Waals surface area contributed by atoms with E-state index in [1.54, 1.807) is 6.07 Å². The van der Waals surface area contributed by atoms with Crippen LogP contribution < -0.4 is 0 Å². The predicted molar refractivity (Wildman–Crippen MR) is 61.4 cm³/mol. The van der Waals surface area contributed by atoms with E-state index in [1.807, 2.05) is 0 Å². The third-order valence-corrected chi connectivity index (χ3v) is 2.33. The molecule has 0 spiro atoms. The lowest BCUT2D eigenvalue weighted by atomic mass is 10.1. The number of hydrogen-bond donors (Lipinski definition) is 0. The summed E-state index contributed by atoms with van der Waals surface area (Å²) in [5.41, 5.74) is -0.530. The molecule has 0 aliphatic rings. The van der Waals surface area contributed by atoms with Gasteiger partial charge in [-0.3, -0.25) is 4.79 Å². The van der Waals surface area contributed by atoms with Crippen LogP contribution in [-0.4, -0.2) is 23.9 Å². The third-order valence-electron chi connectivity index (χ3n) is 2.33. The predicted octanol–water partition coefficient (Wildman–Crippen LogP) is 1.87. The first-order valence-electron chi connectivity index (χ1n) is 5.07. The molecule has 0 radical (unpaired) electrons. The lowest BCUT2D eigenvalue weighted by Crippen LogP contribution is -2.33. The normalized spacial score (nSPS) is 9.39. The Morgan fingerprint density at radius 3 is 2.67 bits per heavy atom. The lowest BCUT2D eigenvalue weighted by molar-refractivity contribution is 0.0785. The van der Waals surface area contributed by atoms with E-state index in [9.17, 15) is 13.6 Å². The van der Waals surface area contributed by atoms with E-state index in [4.69, 9.17) is 11.7 Å². The molecule has 0 fully saturated rings. The molecule has 1 amide bonds. The number of carbonyl (C=O) groups excluding carboxylic acids is 1. The van der Waals surface area contributed by atoms with Gasteiger partial charge in [-0.05, 0) is 18.6 Å². The van der Waals surface area contributed by atoms with Crippen LogP contribution in [0.25, 0.3) is 0 Å². The van der Waals surface area contributed by atoms with Crippen molar-refractivity contribution in [3.63, 3.8) is 0 Å². The number of benzene rings is 1. The van der Waals surface area contributed by atoms with E-state index in [-0.39, 0.29) is 18.7 Å².